The van der Waals surface area contributed by atoms with E-state index >= 15 is 0 Å². The molecule has 2 rings (SSSR count). The molecule has 146 valence electrons. The summed E-state index contributed by atoms with van der Waals surface area (Å²) in [5.74, 6) is -0.0105. The summed E-state index contributed by atoms with van der Waals surface area (Å²) in [6.07, 6.45) is 3.77. The maximum atomic E-state index is 13.5. The highest BCUT2D eigenvalue weighted by Crippen LogP contribution is 2.13. The third kappa shape index (κ3) is 6.63. The summed E-state index contributed by atoms with van der Waals surface area (Å²) in [6.45, 7) is 5.43. The molecule has 1 aromatic carbocycles. The van der Waals surface area contributed by atoms with Crippen molar-refractivity contribution in [2.75, 3.05) is 26.7 Å². The number of rotatable bonds is 8. The topological polar surface area (TPSA) is 78.4 Å². The molecule has 8 heteroatoms. The van der Waals surface area contributed by atoms with Crippen LogP contribution in [0.5, 0.6) is 0 Å². The van der Waals surface area contributed by atoms with Crippen LogP contribution in [0.15, 0.2) is 29.4 Å². The van der Waals surface area contributed by atoms with E-state index in [1.165, 1.54) is 10.9 Å². The van der Waals surface area contributed by atoms with Gasteiger partial charge in [-0.15, -0.1) is 11.3 Å². The first-order chi connectivity index (χ1) is 13.0. The van der Waals surface area contributed by atoms with E-state index < -0.39 is 0 Å². The minimum atomic E-state index is -0.378. The molecule has 0 saturated carbocycles. The van der Waals surface area contributed by atoms with Crippen molar-refractivity contribution in [2.45, 2.75) is 26.7 Å². The molecule has 27 heavy (non-hydrogen) atoms. The molecule has 0 atom stereocenters. The summed E-state index contributed by atoms with van der Waals surface area (Å²) in [7, 11) is 1.70. The van der Waals surface area contributed by atoms with Crippen LogP contribution < -0.4 is 16.0 Å². The first kappa shape index (κ1) is 20.8. The molecule has 1 heterocycles. The summed E-state index contributed by atoms with van der Waals surface area (Å²) >= 11 is 1.73. The Balaban J connectivity index is 1.66. The van der Waals surface area contributed by atoms with Crippen molar-refractivity contribution < 1.29 is 9.18 Å². The van der Waals surface area contributed by atoms with Crippen molar-refractivity contribution in [1.82, 2.24) is 20.9 Å². The molecule has 0 fully saturated rings. The predicted octanol–water partition coefficient (Wildman–Crippen LogP) is 2.29. The molecule has 0 aliphatic rings. The van der Waals surface area contributed by atoms with Gasteiger partial charge >= 0.3 is 0 Å². The molecule has 1 aromatic heterocycles. The third-order valence-corrected chi connectivity index (χ3v) is 5.14. The number of carbonyl (C=O) groups excluding carboxylic acids is 1. The Morgan fingerprint density at radius 1 is 1.22 bits per heavy atom. The highest BCUT2D eigenvalue weighted by atomic mass is 32.1. The highest BCUT2D eigenvalue weighted by molar-refractivity contribution is 7.11. The van der Waals surface area contributed by atoms with Gasteiger partial charge in [0.2, 0.25) is 0 Å². The van der Waals surface area contributed by atoms with E-state index in [2.05, 4.69) is 32.9 Å². The Labute approximate surface area is 163 Å². The Bertz CT molecular complexity index is 790. The lowest BCUT2D eigenvalue weighted by Crippen LogP contribution is -2.42. The second-order valence-corrected chi connectivity index (χ2v) is 7.17. The predicted molar refractivity (Wildman–Crippen MR) is 108 cm³/mol. The van der Waals surface area contributed by atoms with Crippen molar-refractivity contribution in [3.05, 3.63) is 51.2 Å². The zero-order valence-electron chi connectivity index (χ0n) is 15.9. The van der Waals surface area contributed by atoms with Gasteiger partial charge in [-0.25, -0.2) is 9.37 Å². The van der Waals surface area contributed by atoms with E-state index in [0.717, 1.165) is 24.4 Å². The number of hydrogen-bond acceptors (Lipinski definition) is 4. The molecule has 0 spiro atoms. The minimum absolute atomic E-state index is 0.297. The lowest BCUT2D eigenvalue weighted by atomic mass is 10.1. The normalized spacial score (nSPS) is 11.3. The second kappa shape index (κ2) is 10.6. The molecule has 0 bridgehead atoms. The quantitative estimate of drug-likeness (QED) is 0.367. The van der Waals surface area contributed by atoms with Crippen LogP contribution in [-0.2, 0) is 12.8 Å². The van der Waals surface area contributed by atoms with Gasteiger partial charge in [0, 0.05) is 49.7 Å². The van der Waals surface area contributed by atoms with Crippen LogP contribution in [0.3, 0.4) is 0 Å². The average Bonchev–Trinajstić information content (AvgIpc) is 3.13. The molecule has 0 aliphatic heterocycles. The van der Waals surface area contributed by atoms with Gasteiger partial charge in [-0.3, -0.25) is 9.79 Å². The summed E-state index contributed by atoms with van der Waals surface area (Å²) in [5.41, 5.74) is 0.835. The number of aliphatic imine (C=N–C) groups is 1. The van der Waals surface area contributed by atoms with Crippen LogP contribution in [-0.4, -0.2) is 43.5 Å². The molecular weight excluding hydrogens is 365 g/mol. The van der Waals surface area contributed by atoms with Crippen LogP contribution in [0.25, 0.3) is 0 Å². The van der Waals surface area contributed by atoms with Gasteiger partial charge in [0.1, 0.15) is 5.82 Å². The van der Waals surface area contributed by atoms with Gasteiger partial charge in [-0.1, -0.05) is 13.0 Å². The Morgan fingerprint density at radius 3 is 2.63 bits per heavy atom. The molecule has 1 amide bonds. The van der Waals surface area contributed by atoms with Crippen molar-refractivity contribution in [3.63, 3.8) is 0 Å². The molecule has 0 saturated heterocycles. The van der Waals surface area contributed by atoms with Gasteiger partial charge < -0.3 is 16.0 Å². The summed E-state index contributed by atoms with van der Waals surface area (Å²) < 4.78 is 13.5. The van der Waals surface area contributed by atoms with E-state index in [1.54, 1.807) is 37.4 Å². The molecule has 0 radical (unpaired) electrons. The van der Waals surface area contributed by atoms with Gasteiger partial charge in [0.15, 0.2) is 5.96 Å². The van der Waals surface area contributed by atoms with Crippen LogP contribution in [0.2, 0.25) is 0 Å². The lowest BCUT2D eigenvalue weighted by molar-refractivity contribution is 0.0954. The molecule has 0 unspecified atom stereocenters. The zero-order chi connectivity index (χ0) is 19.6. The fourth-order valence-corrected chi connectivity index (χ4v) is 3.19. The van der Waals surface area contributed by atoms with E-state index in [1.807, 2.05) is 6.20 Å². The number of carbonyl (C=O) groups is 1. The largest absolute Gasteiger partial charge is 0.356 e. The maximum Gasteiger partial charge on any atom is 0.251 e. The Kier molecular flexibility index (Phi) is 8.19. The zero-order valence-corrected chi connectivity index (χ0v) is 16.8. The number of amides is 1. The van der Waals surface area contributed by atoms with Gasteiger partial charge in [0.25, 0.3) is 5.91 Å². The molecule has 6 nitrogen and oxygen atoms in total. The number of halogens is 1. The fraction of sp³-hybridized carbons (Fsp3) is 0.421. The van der Waals surface area contributed by atoms with Crippen LogP contribution in [0, 0.1) is 12.7 Å². The number of benzene rings is 1. The third-order valence-electron chi connectivity index (χ3n) is 3.94. The van der Waals surface area contributed by atoms with Crippen molar-refractivity contribution in [3.8, 4) is 0 Å². The molecule has 2 aromatic rings. The van der Waals surface area contributed by atoms with Gasteiger partial charge in [-0.2, -0.15) is 0 Å². The Hall–Kier alpha value is -2.48. The summed E-state index contributed by atoms with van der Waals surface area (Å²) in [6, 6.07) is 4.46. The van der Waals surface area contributed by atoms with E-state index in [0.29, 0.717) is 30.2 Å². The summed E-state index contributed by atoms with van der Waals surface area (Å²) in [4.78, 5) is 21.9. The molecule has 3 N–H and O–H groups in total. The standard InChI is InChI=1S/C19H26FN5OS/c1-4-15-12-25-17(27-15)7-8-23-19(21-3)24-10-9-22-18(26)14-6-5-13(2)16(20)11-14/h5-6,11-12H,4,7-10H2,1-3H3,(H,22,26)(H2,21,23,24). The highest BCUT2D eigenvalue weighted by Gasteiger charge is 2.07. The number of thiazole rings is 1. The van der Waals surface area contributed by atoms with E-state index in [9.17, 15) is 9.18 Å². The van der Waals surface area contributed by atoms with Crippen LogP contribution in [0.4, 0.5) is 4.39 Å². The maximum absolute atomic E-state index is 13.5. The van der Waals surface area contributed by atoms with Crippen LogP contribution >= 0.6 is 11.3 Å². The lowest BCUT2D eigenvalue weighted by Gasteiger charge is -2.12. The number of guanidine groups is 1. The number of nitrogens with one attached hydrogen (secondary N) is 3. The van der Waals surface area contributed by atoms with Gasteiger partial charge in [-0.05, 0) is 31.0 Å². The summed E-state index contributed by atoms with van der Waals surface area (Å²) in [5, 5.41) is 10.2. The average molecular weight is 392 g/mol. The van der Waals surface area contributed by atoms with Gasteiger partial charge in [0.05, 0.1) is 5.01 Å². The number of aryl methyl sites for hydroxylation is 2. The number of hydrogen-bond donors (Lipinski definition) is 3. The van der Waals surface area contributed by atoms with E-state index in [-0.39, 0.29) is 11.7 Å². The molecule has 0 aliphatic carbocycles. The van der Waals surface area contributed by atoms with Crippen molar-refractivity contribution >= 4 is 23.2 Å². The monoisotopic (exact) mass is 391 g/mol. The number of aromatic nitrogens is 1. The fourth-order valence-electron chi connectivity index (χ4n) is 2.33. The SMILES string of the molecule is CCc1cnc(CCNC(=NC)NCCNC(=O)c2ccc(C)c(F)c2)s1. The van der Waals surface area contributed by atoms with Crippen molar-refractivity contribution in [2.24, 2.45) is 4.99 Å². The number of nitrogens with zero attached hydrogens (tertiary/aromatic N) is 2. The second-order valence-electron chi connectivity index (χ2n) is 5.97. The van der Waals surface area contributed by atoms with Crippen molar-refractivity contribution in [1.29, 1.82) is 0 Å². The minimum Gasteiger partial charge on any atom is -0.356 e. The Morgan fingerprint density at radius 2 is 1.96 bits per heavy atom. The first-order valence-corrected chi connectivity index (χ1v) is 9.77. The first-order valence-electron chi connectivity index (χ1n) is 8.96. The smallest absolute Gasteiger partial charge is 0.251 e. The van der Waals surface area contributed by atoms with Crippen LogP contribution in [0.1, 0.15) is 32.7 Å². The van der Waals surface area contributed by atoms with E-state index in [4.69, 9.17) is 0 Å². The molecular formula is C19H26FN5OS.